The Morgan fingerprint density at radius 3 is 2.19 bits per heavy atom. The summed E-state index contributed by atoms with van der Waals surface area (Å²) < 4.78 is 3.91. The summed E-state index contributed by atoms with van der Waals surface area (Å²) >= 11 is 0. The first-order valence-corrected chi connectivity index (χ1v) is 10.5. The van der Waals surface area contributed by atoms with Crippen LogP contribution in [0, 0.1) is 24.7 Å². The Morgan fingerprint density at radius 1 is 0.969 bits per heavy atom. The molecular formula is C29H26N3+. The van der Waals surface area contributed by atoms with Gasteiger partial charge in [-0.05, 0) is 35.7 Å². The van der Waals surface area contributed by atoms with Crippen molar-refractivity contribution in [2.24, 2.45) is 0 Å². The number of rotatable bonds is 5. The number of benzene rings is 3. The lowest BCUT2D eigenvalue weighted by atomic mass is 9.96. The van der Waals surface area contributed by atoms with Gasteiger partial charge in [0.15, 0.2) is 0 Å². The van der Waals surface area contributed by atoms with Gasteiger partial charge in [-0.15, -0.1) is 6.42 Å². The molecule has 4 rings (SSSR count). The second-order valence-electron chi connectivity index (χ2n) is 7.89. The molecule has 0 radical (unpaired) electrons. The molecule has 1 heterocycles. The molecule has 3 heteroatoms. The smallest absolute Gasteiger partial charge is 0.323 e. The fourth-order valence-corrected chi connectivity index (χ4v) is 4.14. The predicted octanol–water partition coefficient (Wildman–Crippen LogP) is 5.83. The number of nitrogens with one attached hydrogen (secondary N) is 1. The van der Waals surface area contributed by atoms with E-state index in [0.29, 0.717) is 12.4 Å². The molecule has 0 bridgehead atoms. The van der Waals surface area contributed by atoms with Crippen LogP contribution < -0.4 is 0 Å². The lowest BCUT2D eigenvalue weighted by Gasteiger charge is -2.14. The van der Waals surface area contributed by atoms with Gasteiger partial charge in [0.05, 0.1) is 25.0 Å². The van der Waals surface area contributed by atoms with E-state index < -0.39 is 0 Å². The Balaban J connectivity index is 2.05. The molecule has 0 aliphatic carbocycles. The fourth-order valence-electron chi connectivity index (χ4n) is 4.14. The van der Waals surface area contributed by atoms with Crippen LogP contribution in [0.2, 0.25) is 0 Å². The molecule has 0 fully saturated rings. The van der Waals surface area contributed by atoms with Crippen molar-refractivity contribution in [2.75, 3.05) is 7.05 Å². The van der Waals surface area contributed by atoms with E-state index in [1.807, 2.05) is 55.6 Å². The van der Waals surface area contributed by atoms with Gasteiger partial charge in [0, 0.05) is 23.4 Å². The summed E-state index contributed by atoms with van der Waals surface area (Å²) in [5, 5.41) is 8.86. The van der Waals surface area contributed by atoms with Gasteiger partial charge in [0.2, 0.25) is 0 Å². The summed E-state index contributed by atoms with van der Waals surface area (Å²) in [5.41, 5.74) is 8.21. The standard InChI is InChI=1S/C29H26N3/c1-5-22-13-12-14-23(19-22)20-32-21(2)26(29(30)31(3)4)27(24-15-8-6-9-16-24)28(32)25-17-10-7-11-18-25/h1,6-19,30H,3,20H2,2,4H3/q+1. The van der Waals surface area contributed by atoms with Gasteiger partial charge >= 0.3 is 5.84 Å². The third-order valence-corrected chi connectivity index (χ3v) is 5.69. The van der Waals surface area contributed by atoms with E-state index in [1.165, 1.54) is 0 Å². The number of terminal acetylenes is 1. The average molecular weight is 417 g/mol. The molecule has 0 aliphatic heterocycles. The van der Waals surface area contributed by atoms with Crippen LogP contribution in [0.5, 0.6) is 0 Å². The fraction of sp³-hybridized carbons (Fsp3) is 0.103. The van der Waals surface area contributed by atoms with Crippen molar-refractivity contribution >= 4 is 12.6 Å². The van der Waals surface area contributed by atoms with Gasteiger partial charge in [0.25, 0.3) is 0 Å². The first-order valence-electron chi connectivity index (χ1n) is 10.5. The third kappa shape index (κ3) is 3.91. The second kappa shape index (κ2) is 8.91. The Labute approximate surface area is 189 Å². The predicted molar refractivity (Wildman–Crippen MR) is 134 cm³/mol. The van der Waals surface area contributed by atoms with Crippen molar-refractivity contribution in [1.82, 2.24) is 4.57 Å². The Bertz CT molecular complexity index is 1340. The quantitative estimate of drug-likeness (QED) is 0.184. The number of aromatic nitrogens is 1. The third-order valence-electron chi connectivity index (χ3n) is 5.69. The summed E-state index contributed by atoms with van der Waals surface area (Å²) in [7, 11) is 1.81. The van der Waals surface area contributed by atoms with Crippen molar-refractivity contribution in [1.29, 1.82) is 5.41 Å². The Morgan fingerprint density at radius 2 is 1.59 bits per heavy atom. The number of hydrogen-bond donors (Lipinski definition) is 1. The van der Waals surface area contributed by atoms with Crippen molar-refractivity contribution in [3.05, 3.63) is 107 Å². The first kappa shape index (κ1) is 21.1. The monoisotopic (exact) mass is 416 g/mol. The largest absolute Gasteiger partial charge is 0.339 e. The maximum Gasteiger partial charge on any atom is 0.323 e. The van der Waals surface area contributed by atoms with Gasteiger partial charge in [0.1, 0.15) is 0 Å². The van der Waals surface area contributed by atoms with E-state index in [9.17, 15) is 0 Å². The number of hydrogen-bond acceptors (Lipinski definition) is 1. The van der Waals surface area contributed by atoms with Crippen LogP contribution in [0.1, 0.15) is 22.4 Å². The summed E-state index contributed by atoms with van der Waals surface area (Å²) in [6, 6.07) is 28.7. The van der Waals surface area contributed by atoms with Gasteiger partial charge in [-0.25, -0.2) is 4.58 Å². The molecule has 0 saturated heterocycles. The molecule has 1 aromatic heterocycles. The van der Waals surface area contributed by atoms with Crippen LogP contribution in [0.3, 0.4) is 0 Å². The highest BCUT2D eigenvalue weighted by atomic mass is 15.0. The molecule has 32 heavy (non-hydrogen) atoms. The second-order valence-corrected chi connectivity index (χ2v) is 7.89. The van der Waals surface area contributed by atoms with Crippen molar-refractivity contribution < 1.29 is 4.58 Å². The topological polar surface area (TPSA) is 31.8 Å². The molecule has 4 aromatic rings. The SMILES string of the molecule is C#Cc1cccc(Cn2c(C)c(C(=N)[N+](=C)C)c(-c3ccccc3)c2-c2ccccc2)c1. The highest BCUT2D eigenvalue weighted by molar-refractivity contribution is 6.04. The van der Waals surface area contributed by atoms with E-state index in [-0.39, 0.29) is 0 Å². The lowest BCUT2D eigenvalue weighted by Crippen LogP contribution is -2.16. The summed E-state index contributed by atoms with van der Waals surface area (Å²) in [5.74, 6) is 3.12. The zero-order valence-corrected chi connectivity index (χ0v) is 18.5. The van der Waals surface area contributed by atoms with Crippen LogP contribution in [-0.2, 0) is 6.54 Å². The number of nitrogens with zero attached hydrogens (tertiary/aromatic N) is 2. The summed E-state index contributed by atoms with van der Waals surface area (Å²) in [6.07, 6.45) is 5.64. The van der Waals surface area contributed by atoms with Gasteiger partial charge in [-0.3, -0.25) is 0 Å². The maximum absolute atomic E-state index is 8.86. The highest BCUT2D eigenvalue weighted by Gasteiger charge is 2.29. The first-order chi connectivity index (χ1) is 15.5. The molecule has 0 atom stereocenters. The molecular weight excluding hydrogens is 390 g/mol. The maximum atomic E-state index is 8.86. The van der Waals surface area contributed by atoms with Crippen molar-refractivity contribution in [3.63, 3.8) is 0 Å². The molecule has 0 saturated carbocycles. The van der Waals surface area contributed by atoms with Crippen LogP contribution >= 0.6 is 0 Å². The highest BCUT2D eigenvalue weighted by Crippen LogP contribution is 2.40. The summed E-state index contributed by atoms with van der Waals surface area (Å²) in [4.78, 5) is 0. The van der Waals surface area contributed by atoms with E-state index >= 15 is 0 Å². The summed E-state index contributed by atoms with van der Waals surface area (Å²) in [6.45, 7) is 6.72. The number of amidine groups is 1. The van der Waals surface area contributed by atoms with Gasteiger partial charge in [-0.2, -0.15) is 0 Å². The minimum atomic E-state index is 0.384. The van der Waals surface area contributed by atoms with Crippen molar-refractivity contribution in [3.8, 4) is 34.7 Å². The molecule has 3 nitrogen and oxygen atoms in total. The molecule has 1 N–H and O–H groups in total. The molecule has 3 aromatic carbocycles. The van der Waals surface area contributed by atoms with E-state index in [1.54, 1.807) is 4.58 Å². The molecule has 0 amide bonds. The van der Waals surface area contributed by atoms with Crippen LogP contribution in [0.4, 0.5) is 0 Å². The zero-order valence-electron chi connectivity index (χ0n) is 18.5. The van der Waals surface area contributed by atoms with Gasteiger partial charge < -0.3 is 4.57 Å². The van der Waals surface area contributed by atoms with Crippen molar-refractivity contribution in [2.45, 2.75) is 13.5 Å². The lowest BCUT2D eigenvalue weighted by molar-refractivity contribution is -0.360. The average Bonchev–Trinajstić information content (AvgIpc) is 3.11. The van der Waals surface area contributed by atoms with Crippen LogP contribution in [0.15, 0.2) is 84.9 Å². The minimum Gasteiger partial charge on any atom is -0.339 e. The van der Waals surface area contributed by atoms with Gasteiger partial charge in [-0.1, -0.05) is 84.1 Å². The molecule has 156 valence electrons. The van der Waals surface area contributed by atoms with Crippen LogP contribution in [0.25, 0.3) is 22.4 Å². The minimum absolute atomic E-state index is 0.384. The molecule has 0 aliphatic rings. The van der Waals surface area contributed by atoms with E-state index in [0.717, 1.165) is 44.8 Å². The van der Waals surface area contributed by atoms with E-state index in [2.05, 4.69) is 60.5 Å². The zero-order chi connectivity index (χ0) is 22.7. The Kier molecular flexibility index (Phi) is 5.87. The normalized spacial score (nSPS) is 10.5. The van der Waals surface area contributed by atoms with Crippen LogP contribution in [-0.4, -0.2) is 28.7 Å². The molecule has 0 unspecified atom stereocenters. The van der Waals surface area contributed by atoms with E-state index in [4.69, 9.17) is 11.8 Å². The molecule has 0 spiro atoms. The Hall–Kier alpha value is -4.16.